The predicted octanol–water partition coefficient (Wildman–Crippen LogP) is 1.51. The second-order valence-electron chi connectivity index (χ2n) is 7.34. The van der Waals surface area contributed by atoms with Crippen molar-refractivity contribution in [3.05, 3.63) is 23.8 Å². The zero-order valence-electron chi connectivity index (χ0n) is 16.1. The van der Waals surface area contributed by atoms with Crippen LogP contribution in [0.15, 0.2) is 18.2 Å². The van der Waals surface area contributed by atoms with Gasteiger partial charge in [0.15, 0.2) is 0 Å². The molecular formula is C20H29N3O4. The van der Waals surface area contributed by atoms with Crippen molar-refractivity contribution in [1.29, 1.82) is 0 Å². The molecule has 2 atom stereocenters. The van der Waals surface area contributed by atoms with Crippen LogP contribution in [0.1, 0.15) is 36.0 Å². The topological polar surface area (TPSA) is 85.1 Å². The summed E-state index contributed by atoms with van der Waals surface area (Å²) in [5.41, 5.74) is 6.55. The molecule has 0 radical (unpaired) electrons. The van der Waals surface area contributed by atoms with E-state index in [9.17, 15) is 9.59 Å². The number of carbonyl (C=O) groups excluding carboxylic acids is 2. The maximum atomic E-state index is 12.9. The van der Waals surface area contributed by atoms with Crippen LogP contribution in [-0.2, 0) is 4.79 Å². The Kier molecular flexibility index (Phi) is 6.21. The molecule has 0 bridgehead atoms. The quantitative estimate of drug-likeness (QED) is 0.862. The molecule has 7 nitrogen and oxygen atoms in total. The third kappa shape index (κ3) is 4.53. The largest absolute Gasteiger partial charge is 0.497 e. The van der Waals surface area contributed by atoms with E-state index >= 15 is 0 Å². The summed E-state index contributed by atoms with van der Waals surface area (Å²) >= 11 is 0. The van der Waals surface area contributed by atoms with E-state index in [0.717, 1.165) is 25.7 Å². The number of amides is 2. The second-order valence-corrected chi connectivity index (χ2v) is 7.34. The van der Waals surface area contributed by atoms with Gasteiger partial charge in [-0.25, -0.2) is 0 Å². The summed E-state index contributed by atoms with van der Waals surface area (Å²) in [5.74, 6) is 1.33. The van der Waals surface area contributed by atoms with Crippen molar-refractivity contribution in [3.63, 3.8) is 0 Å². The summed E-state index contributed by atoms with van der Waals surface area (Å²) < 4.78 is 10.5. The monoisotopic (exact) mass is 375 g/mol. The molecule has 1 aliphatic heterocycles. The molecule has 27 heavy (non-hydrogen) atoms. The summed E-state index contributed by atoms with van der Waals surface area (Å²) in [5, 5.41) is 0. The van der Waals surface area contributed by atoms with Gasteiger partial charge in [-0.3, -0.25) is 9.59 Å². The second kappa shape index (κ2) is 8.61. The molecule has 2 amide bonds. The first-order chi connectivity index (χ1) is 13.0. The Morgan fingerprint density at radius 1 is 0.963 bits per heavy atom. The average Bonchev–Trinajstić information content (AvgIpc) is 2.72. The number of nitrogens with two attached hydrogens (primary N) is 1. The van der Waals surface area contributed by atoms with Gasteiger partial charge >= 0.3 is 0 Å². The van der Waals surface area contributed by atoms with Crippen LogP contribution in [0.4, 0.5) is 0 Å². The molecule has 148 valence electrons. The van der Waals surface area contributed by atoms with Gasteiger partial charge < -0.3 is 25.0 Å². The van der Waals surface area contributed by atoms with Crippen molar-refractivity contribution >= 4 is 11.8 Å². The molecule has 2 fully saturated rings. The third-order valence-electron chi connectivity index (χ3n) is 5.54. The SMILES string of the molecule is COc1cc(OC)cc(C(=O)N2CCN(C(=O)C3CCCC(N)C3)CC2)c1. The number of nitrogens with zero attached hydrogens (tertiary/aromatic N) is 2. The van der Waals surface area contributed by atoms with Crippen molar-refractivity contribution in [2.24, 2.45) is 11.7 Å². The molecule has 0 spiro atoms. The van der Waals surface area contributed by atoms with E-state index in [2.05, 4.69) is 0 Å². The van der Waals surface area contributed by atoms with Gasteiger partial charge in [0, 0.05) is 49.8 Å². The lowest BCUT2D eigenvalue weighted by atomic mass is 9.85. The Hall–Kier alpha value is -2.28. The summed E-state index contributed by atoms with van der Waals surface area (Å²) in [4.78, 5) is 29.3. The van der Waals surface area contributed by atoms with Crippen LogP contribution in [0.5, 0.6) is 11.5 Å². The number of hydrogen-bond donors (Lipinski definition) is 1. The molecule has 2 aliphatic rings. The molecular weight excluding hydrogens is 346 g/mol. The van der Waals surface area contributed by atoms with Gasteiger partial charge in [0.25, 0.3) is 5.91 Å². The van der Waals surface area contributed by atoms with Crippen LogP contribution in [0.2, 0.25) is 0 Å². The van der Waals surface area contributed by atoms with E-state index in [4.69, 9.17) is 15.2 Å². The first-order valence-corrected chi connectivity index (χ1v) is 9.58. The van der Waals surface area contributed by atoms with Crippen LogP contribution in [0.3, 0.4) is 0 Å². The molecule has 2 unspecified atom stereocenters. The Balaban J connectivity index is 1.60. The van der Waals surface area contributed by atoms with E-state index in [1.54, 1.807) is 37.3 Å². The van der Waals surface area contributed by atoms with Crippen molar-refractivity contribution in [3.8, 4) is 11.5 Å². The molecule has 1 aromatic rings. The molecule has 1 aliphatic carbocycles. The molecule has 1 aromatic carbocycles. The minimum Gasteiger partial charge on any atom is -0.497 e. The predicted molar refractivity (Wildman–Crippen MR) is 102 cm³/mol. The lowest BCUT2D eigenvalue weighted by Gasteiger charge is -2.37. The van der Waals surface area contributed by atoms with E-state index in [1.165, 1.54) is 0 Å². The standard InChI is InChI=1S/C20H29N3O4/c1-26-17-11-15(12-18(13-17)27-2)20(25)23-8-6-22(7-9-23)19(24)14-4-3-5-16(21)10-14/h11-14,16H,3-10,21H2,1-2H3. The Morgan fingerprint density at radius 3 is 2.11 bits per heavy atom. The highest BCUT2D eigenvalue weighted by atomic mass is 16.5. The maximum Gasteiger partial charge on any atom is 0.254 e. The average molecular weight is 375 g/mol. The summed E-state index contributed by atoms with van der Waals surface area (Å²) in [6.45, 7) is 2.20. The van der Waals surface area contributed by atoms with Gasteiger partial charge in [-0.15, -0.1) is 0 Å². The van der Waals surface area contributed by atoms with Crippen LogP contribution in [0.25, 0.3) is 0 Å². The van der Waals surface area contributed by atoms with Gasteiger partial charge in [0.2, 0.25) is 5.91 Å². The number of rotatable bonds is 4. The highest BCUT2D eigenvalue weighted by Gasteiger charge is 2.31. The molecule has 2 N–H and O–H groups in total. The lowest BCUT2D eigenvalue weighted by molar-refractivity contribution is -0.138. The van der Waals surface area contributed by atoms with E-state index in [-0.39, 0.29) is 23.8 Å². The maximum absolute atomic E-state index is 12.9. The Morgan fingerprint density at radius 2 is 1.56 bits per heavy atom. The van der Waals surface area contributed by atoms with Crippen LogP contribution >= 0.6 is 0 Å². The van der Waals surface area contributed by atoms with Crippen LogP contribution < -0.4 is 15.2 Å². The van der Waals surface area contributed by atoms with Crippen LogP contribution in [0, 0.1) is 5.92 Å². The van der Waals surface area contributed by atoms with Crippen molar-refractivity contribution < 1.29 is 19.1 Å². The van der Waals surface area contributed by atoms with Gasteiger partial charge in [-0.1, -0.05) is 6.42 Å². The molecule has 3 rings (SSSR count). The summed E-state index contributed by atoms with van der Waals surface area (Å²) in [6, 6.07) is 5.30. The minimum absolute atomic E-state index is 0.0404. The Bertz CT molecular complexity index is 664. The number of hydrogen-bond acceptors (Lipinski definition) is 5. The van der Waals surface area contributed by atoms with Gasteiger partial charge in [0.1, 0.15) is 11.5 Å². The lowest BCUT2D eigenvalue weighted by Crippen LogP contribution is -2.52. The molecule has 1 saturated carbocycles. The minimum atomic E-state index is -0.0704. The van der Waals surface area contributed by atoms with Gasteiger partial charge in [0.05, 0.1) is 14.2 Å². The normalized spacial score (nSPS) is 23.1. The molecule has 0 aromatic heterocycles. The van der Waals surface area contributed by atoms with Crippen LogP contribution in [-0.4, -0.2) is 68.1 Å². The smallest absolute Gasteiger partial charge is 0.254 e. The molecule has 7 heteroatoms. The highest BCUT2D eigenvalue weighted by Crippen LogP contribution is 2.26. The summed E-state index contributed by atoms with van der Waals surface area (Å²) in [7, 11) is 3.12. The fourth-order valence-electron chi connectivity index (χ4n) is 3.95. The van der Waals surface area contributed by atoms with E-state index in [1.807, 2.05) is 4.90 Å². The molecule has 1 saturated heterocycles. The number of benzene rings is 1. The van der Waals surface area contributed by atoms with Gasteiger partial charge in [-0.2, -0.15) is 0 Å². The number of piperazine rings is 1. The third-order valence-corrected chi connectivity index (χ3v) is 5.54. The van der Waals surface area contributed by atoms with Crippen molar-refractivity contribution in [2.75, 3.05) is 40.4 Å². The first-order valence-electron chi connectivity index (χ1n) is 9.58. The van der Waals surface area contributed by atoms with Gasteiger partial charge in [-0.05, 0) is 31.4 Å². The molecule has 1 heterocycles. The number of carbonyl (C=O) groups is 2. The van der Waals surface area contributed by atoms with E-state index < -0.39 is 0 Å². The first kappa shape index (κ1) is 19.5. The van der Waals surface area contributed by atoms with E-state index in [0.29, 0.717) is 43.2 Å². The highest BCUT2D eigenvalue weighted by molar-refractivity contribution is 5.95. The fourth-order valence-corrected chi connectivity index (χ4v) is 3.95. The van der Waals surface area contributed by atoms with Crippen molar-refractivity contribution in [1.82, 2.24) is 9.80 Å². The Labute approximate surface area is 160 Å². The zero-order chi connectivity index (χ0) is 19.4. The summed E-state index contributed by atoms with van der Waals surface area (Å²) in [6.07, 6.45) is 3.74. The number of ether oxygens (including phenoxy) is 2. The number of methoxy groups -OCH3 is 2. The fraction of sp³-hybridized carbons (Fsp3) is 0.600. The zero-order valence-corrected chi connectivity index (χ0v) is 16.1. The van der Waals surface area contributed by atoms with Crippen molar-refractivity contribution in [2.45, 2.75) is 31.7 Å².